The van der Waals surface area contributed by atoms with E-state index in [1.165, 1.54) is 8.93 Å². The Morgan fingerprint density at radius 3 is 2.85 bits per heavy atom. The minimum atomic E-state index is -1.03. The second kappa shape index (κ2) is 6.99. The van der Waals surface area contributed by atoms with Gasteiger partial charge in [-0.05, 0) is 50.6 Å². The Balaban J connectivity index is 2.01. The zero-order valence-corrected chi connectivity index (χ0v) is 17.3. The van der Waals surface area contributed by atoms with Gasteiger partial charge in [0, 0.05) is 24.3 Å². The lowest BCUT2D eigenvalue weighted by Gasteiger charge is -2.14. The number of hydrogen-bond donors (Lipinski definition) is 1. The molecule has 0 aliphatic carbocycles. The average Bonchev–Trinajstić information content (AvgIpc) is 2.89. The van der Waals surface area contributed by atoms with E-state index in [9.17, 15) is 0 Å². The number of nitrogens with one attached hydrogen (secondary N) is 1. The first-order valence-corrected chi connectivity index (χ1v) is 12.7. The summed E-state index contributed by atoms with van der Waals surface area (Å²) in [6.07, 6.45) is 1.78. The van der Waals surface area contributed by atoms with E-state index in [-0.39, 0.29) is 0 Å². The van der Waals surface area contributed by atoms with Gasteiger partial charge in [0.05, 0.1) is 2.88 Å². The molecule has 0 aromatic carbocycles. The molecule has 8 heteroatoms. The summed E-state index contributed by atoms with van der Waals surface area (Å²) in [6, 6.07) is 3.29. The van der Waals surface area contributed by atoms with Gasteiger partial charge in [-0.3, -0.25) is 0 Å². The van der Waals surface area contributed by atoms with Crippen molar-refractivity contribution in [3.63, 3.8) is 0 Å². The number of ether oxygens (including phenoxy) is 1. The van der Waals surface area contributed by atoms with Crippen LogP contribution >= 0.6 is 49.9 Å². The third-order valence-corrected chi connectivity index (χ3v) is 7.25. The van der Waals surface area contributed by atoms with Crippen LogP contribution in [0.1, 0.15) is 0 Å². The topological polar surface area (TPSA) is 41.8 Å². The Labute approximate surface area is 146 Å². The quantitative estimate of drug-likeness (QED) is 0.289. The number of H-pyrrole nitrogens is 1. The van der Waals surface area contributed by atoms with E-state index in [0.29, 0.717) is 6.73 Å². The van der Waals surface area contributed by atoms with Gasteiger partial charge in [-0.25, -0.2) is 4.57 Å². The van der Waals surface area contributed by atoms with Crippen molar-refractivity contribution in [1.82, 2.24) is 10.2 Å². The van der Waals surface area contributed by atoms with Crippen molar-refractivity contribution in [2.75, 3.05) is 6.61 Å². The molecule has 0 fully saturated rings. The average molecular weight is 487 g/mol. The fourth-order valence-corrected chi connectivity index (χ4v) is 5.36. The maximum Gasteiger partial charge on any atom is 0.278 e. The minimum absolute atomic E-state index is 0.539. The highest BCUT2D eigenvalue weighted by Gasteiger charge is 2.19. The molecular formula is C12H18BrIN3OSSi+. The summed E-state index contributed by atoms with van der Waals surface area (Å²) in [5.41, 5.74) is 0. The van der Waals surface area contributed by atoms with Gasteiger partial charge in [-0.2, -0.15) is 0 Å². The Morgan fingerprint density at radius 1 is 1.50 bits per heavy atom. The summed E-state index contributed by atoms with van der Waals surface area (Å²) in [7, 11) is -1.03. The minimum Gasteiger partial charge on any atom is -0.348 e. The maximum absolute atomic E-state index is 5.79. The highest BCUT2D eigenvalue weighted by molar-refractivity contribution is 14.1. The van der Waals surface area contributed by atoms with E-state index in [1.807, 2.05) is 4.57 Å². The molecule has 0 amide bonds. The van der Waals surface area contributed by atoms with E-state index in [0.717, 1.165) is 21.8 Å². The van der Waals surface area contributed by atoms with Crippen LogP contribution < -0.4 is 4.57 Å². The van der Waals surface area contributed by atoms with Gasteiger partial charge in [0.25, 0.3) is 12.2 Å². The molecule has 0 saturated carbocycles. The summed E-state index contributed by atoms with van der Waals surface area (Å²) < 4.78 is 10.1. The van der Waals surface area contributed by atoms with E-state index < -0.39 is 8.07 Å². The van der Waals surface area contributed by atoms with Crippen LogP contribution in [0.5, 0.6) is 0 Å². The van der Waals surface area contributed by atoms with Gasteiger partial charge in [0.1, 0.15) is 4.88 Å². The molecule has 0 atom stereocenters. The smallest absolute Gasteiger partial charge is 0.278 e. The summed E-state index contributed by atoms with van der Waals surface area (Å²) >= 11 is 7.64. The largest absolute Gasteiger partial charge is 0.348 e. The van der Waals surface area contributed by atoms with Crippen molar-refractivity contribution in [1.29, 1.82) is 0 Å². The number of aromatic nitrogens is 3. The first kappa shape index (κ1) is 16.6. The van der Waals surface area contributed by atoms with Crippen LogP contribution in [0.4, 0.5) is 0 Å². The SMILES string of the molecule is C[Si](C)(C)CCOC[n+]1cn[nH]c1-c1sc(I)cc1Br. The highest BCUT2D eigenvalue weighted by Crippen LogP contribution is 2.34. The predicted octanol–water partition coefficient (Wildman–Crippen LogP) is 4.11. The molecule has 2 rings (SSSR count). The zero-order chi connectivity index (χ0) is 14.8. The number of nitrogens with zero attached hydrogens (tertiary/aromatic N) is 2. The third-order valence-electron chi connectivity index (χ3n) is 2.75. The third kappa shape index (κ3) is 4.62. The van der Waals surface area contributed by atoms with Crippen molar-refractivity contribution in [3.8, 4) is 10.7 Å². The Bertz CT molecular complexity index is 582. The number of aromatic amines is 1. The second-order valence-electron chi connectivity index (χ2n) is 5.75. The normalized spacial score (nSPS) is 12.1. The summed E-state index contributed by atoms with van der Waals surface area (Å²) in [6.45, 7) is 8.43. The molecule has 0 saturated heterocycles. The van der Waals surface area contributed by atoms with E-state index in [4.69, 9.17) is 4.74 Å². The summed E-state index contributed by atoms with van der Waals surface area (Å²) in [5.74, 6) is 0.984. The summed E-state index contributed by atoms with van der Waals surface area (Å²) in [5, 5.41) is 7.18. The van der Waals surface area contributed by atoms with Crippen molar-refractivity contribution in [2.24, 2.45) is 0 Å². The molecule has 0 aliphatic heterocycles. The molecule has 0 spiro atoms. The van der Waals surface area contributed by atoms with Crippen molar-refractivity contribution < 1.29 is 9.30 Å². The first-order valence-electron chi connectivity index (χ1n) is 6.32. The maximum atomic E-state index is 5.79. The molecule has 0 aliphatic rings. The molecule has 0 radical (unpaired) electrons. The fourth-order valence-electron chi connectivity index (χ4n) is 1.60. The number of thiophene rings is 1. The zero-order valence-electron chi connectivity index (χ0n) is 11.7. The van der Waals surface area contributed by atoms with Crippen LogP contribution in [0.3, 0.4) is 0 Å². The van der Waals surface area contributed by atoms with Gasteiger partial charge in [0.15, 0.2) is 6.73 Å². The predicted molar refractivity (Wildman–Crippen MR) is 96.6 cm³/mol. The van der Waals surface area contributed by atoms with Crippen LogP contribution in [0.2, 0.25) is 25.7 Å². The molecule has 110 valence electrons. The van der Waals surface area contributed by atoms with Gasteiger partial charge in [-0.15, -0.1) is 16.4 Å². The lowest BCUT2D eigenvalue weighted by molar-refractivity contribution is -0.722. The van der Waals surface area contributed by atoms with Gasteiger partial charge >= 0.3 is 0 Å². The Hall–Kier alpha value is 0.227. The molecule has 2 aromatic heterocycles. The summed E-state index contributed by atoms with van der Waals surface area (Å²) in [4.78, 5) is 1.15. The molecule has 0 bridgehead atoms. The number of halogens is 2. The Morgan fingerprint density at radius 2 is 2.25 bits per heavy atom. The van der Waals surface area contributed by atoms with E-state index in [1.54, 1.807) is 17.7 Å². The molecule has 2 heterocycles. The molecule has 4 nitrogen and oxygen atoms in total. The van der Waals surface area contributed by atoms with Gasteiger partial charge in [-0.1, -0.05) is 19.6 Å². The van der Waals surface area contributed by atoms with Crippen LogP contribution in [-0.4, -0.2) is 24.9 Å². The first-order chi connectivity index (χ1) is 9.37. The fraction of sp³-hybridized carbons (Fsp3) is 0.500. The van der Waals surface area contributed by atoms with Crippen LogP contribution in [0.25, 0.3) is 10.7 Å². The van der Waals surface area contributed by atoms with Gasteiger partial charge < -0.3 is 4.74 Å². The van der Waals surface area contributed by atoms with E-state index in [2.05, 4.69) is 74.4 Å². The molecule has 0 unspecified atom stereocenters. The molecule has 1 N–H and O–H groups in total. The molecular weight excluding hydrogens is 469 g/mol. The standard InChI is InChI=1S/C12H17BrIN3OSSi/c1-20(2,3)5-4-18-8-17-7-15-16-12(17)11-9(13)6-10(14)19-11/h6-7H,4-5,8H2,1-3H3/p+1. The van der Waals surface area contributed by atoms with Crippen molar-refractivity contribution >= 4 is 57.9 Å². The monoisotopic (exact) mass is 486 g/mol. The van der Waals surface area contributed by atoms with Crippen LogP contribution in [0, 0.1) is 2.88 Å². The van der Waals surface area contributed by atoms with E-state index >= 15 is 0 Å². The van der Waals surface area contributed by atoms with Crippen molar-refractivity contribution in [2.45, 2.75) is 32.4 Å². The van der Waals surface area contributed by atoms with Crippen molar-refractivity contribution in [3.05, 3.63) is 19.8 Å². The number of rotatable bonds is 6. The number of hydrogen-bond acceptors (Lipinski definition) is 3. The molecule has 2 aromatic rings. The van der Waals surface area contributed by atoms with Crippen LogP contribution in [0.15, 0.2) is 16.9 Å². The Kier molecular flexibility index (Phi) is 5.80. The highest BCUT2D eigenvalue weighted by atomic mass is 127. The van der Waals surface area contributed by atoms with Gasteiger partial charge in [0.2, 0.25) is 0 Å². The lowest BCUT2D eigenvalue weighted by atomic mass is 10.4. The lowest BCUT2D eigenvalue weighted by Crippen LogP contribution is -2.36. The second-order valence-corrected chi connectivity index (χ2v) is 15.2. The molecule has 20 heavy (non-hydrogen) atoms. The van der Waals surface area contributed by atoms with Crippen LogP contribution in [-0.2, 0) is 11.5 Å².